The van der Waals surface area contributed by atoms with E-state index in [0.29, 0.717) is 12.0 Å². The number of allylic oxidation sites excluding steroid dienone is 8. The molecule has 0 saturated carbocycles. The van der Waals surface area contributed by atoms with E-state index in [1.54, 1.807) is 0 Å². The van der Waals surface area contributed by atoms with Gasteiger partial charge in [0.25, 0.3) is 0 Å². The van der Waals surface area contributed by atoms with Crippen molar-refractivity contribution in [1.29, 1.82) is 0 Å². The second kappa shape index (κ2) is 7.38. The first-order valence-electron chi connectivity index (χ1n) is 9.05. The lowest BCUT2D eigenvalue weighted by molar-refractivity contribution is 0.260. The quantitative estimate of drug-likeness (QED) is 0.560. The highest BCUT2D eigenvalue weighted by Crippen LogP contribution is 2.43. The van der Waals surface area contributed by atoms with Gasteiger partial charge >= 0.3 is 0 Å². The highest BCUT2D eigenvalue weighted by atomic mass is 15.2. The van der Waals surface area contributed by atoms with Gasteiger partial charge in [-0.25, -0.2) is 0 Å². The molecule has 1 nitrogen and oxygen atoms in total. The molecule has 0 aromatic rings. The minimum atomic E-state index is 0.170. The van der Waals surface area contributed by atoms with Crippen LogP contribution in [0.25, 0.3) is 0 Å². The van der Waals surface area contributed by atoms with E-state index in [-0.39, 0.29) is 5.41 Å². The van der Waals surface area contributed by atoms with Crippen LogP contribution in [0.3, 0.4) is 0 Å². The molecule has 2 atom stereocenters. The minimum absolute atomic E-state index is 0.170. The molecule has 0 fully saturated rings. The summed E-state index contributed by atoms with van der Waals surface area (Å²) < 4.78 is 0. The van der Waals surface area contributed by atoms with Gasteiger partial charge < -0.3 is 4.90 Å². The molecule has 0 saturated heterocycles. The minimum Gasteiger partial charge on any atom is -0.365 e. The van der Waals surface area contributed by atoms with Gasteiger partial charge in [0, 0.05) is 18.3 Å². The van der Waals surface area contributed by atoms with Crippen LogP contribution in [0, 0.1) is 11.3 Å². The molecule has 1 aliphatic heterocycles. The van der Waals surface area contributed by atoms with Crippen LogP contribution in [-0.2, 0) is 0 Å². The molecule has 0 radical (unpaired) electrons. The molecule has 0 bridgehead atoms. The molecule has 1 heterocycles. The van der Waals surface area contributed by atoms with Crippen LogP contribution in [-0.4, -0.2) is 17.5 Å². The summed E-state index contributed by atoms with van der Waals surface area (Å²) in [6.45, 7) is 14.8. The Morgan fingerprint density at radius 3 is 2.70 bits per heavy atom. The zero-order valence-corrected chi connectivity index (χ0v) is 15.8. The van der Waals surface area contributed by atoms with Crippen LogP contribution >= 0.6 is 0 Å². The Bertz CT molecular complexity index is 569. The van der Waals surface area contributed by atoms with Crippen molar-refractivity contribution in [2.24, 2.45) is 11.3 Å². The van der Waals surface area contributed by atoms with E-state index in [1.165, 1.54) is 23.3 Å². The van der Waals surface area contributed by atoms with Crippen molar-refractivity contribution >= 4 is 0 Å². The van der Waals surface area contributed by atoms with Crippen molar-refractivity contribution in [3.8, 4) is 0 Å². The number of hydrogen-bond acceptors (Lipinski definition) is 1. The molecule has 0 spiro atoms. The maximum Gasteiger partial charge on any atom is 0.0407 e. The van der Waals surface area contributed by atoms with Gasteiger partial charge in [0.05, 0.1) is 0 Å². The first-order chi connectivity index (χ1) is 10.9. The summed E-state index contributed by atoms with van der Waals surface area (Å²) in [6.07, 6.45) is 18.4. The molecule has 0 aromatic heterocycles. The average molecular weight is 312 g/mol. The average Bonchev–Trinajstić information content (AvgIpc) is 2.54. The first-order valence-corrected chi connectivity index (χ1v) is 9.05. The Balaban J connectivity index is 2.42. The van der Waals surface area contributed by atoms with E-state index in [0.717, 1.165) is 13.0 Å². The Hall–Kier alpha value is -1.50. The predicted octanol–water partition coefficient (Wildman–Crippen LogP) is 6.04. The highest BCUT2D eigenvalue weighted by Gasteiger charge is 2.34. The second-order valence-electron chi connectivity index (χ2n) is 7.61. The zero-order valence-electron chi connectivity index (χ0n) is 15.8. The highest BCUT2D eigenvalue weighted by molar-refractivity contribution is 5.44. The van der Waals surface area contributed by atoms with Crippen molar-refractivity contribution in [3.63, 3.8) is 0 Å². The Morgan fingerprint density at radius 2 is 2.04 bits per heavy atom. The summed E-state index contributed by atoms with van der Waals surface area (Å²) >= 11 is 0. The lowest BCUT2D eigenvalue weighted by atomic mass is 9.70. The predicted molar refractivity (Wildman–Crippen MR) is 102 cm³/mol. The standard InChI is InChI=1S/C22H33N/c1-7-15-22(5,6)20-12-10-9-11-19(20)21-14-13-17(3)16-23(21)18(4)8-2/h7,9-11,13-15,18,20H,8,12,16H2,1-6H3. The van der Waals surface area contributed by atoms with E-state index in [1.807, 2.05) is 0 Å². The van der Waals surface area contributed by atoms with E-state index in [9.17, 15) is 0 Å². The lowest BCUT2D eigenvalue weighted by Gasteiger charge is -2.42. The molecule has 0 N–H and O–H groups in total. The fourth-order valence-corrected chi connectivity index (χ4v) is 3.74. The molecular weight excluding hydrogens is 278 g/mol. The van der Waals surface area contributed by atoms with Crippen LogP contribution < -0.4 is 0 Å². The van der Waals surface area contributed by atoms with Gasteiger partial charge in [-0.3, -0.25) is 0 Å². The zero-order chi connectivity index (χ0) is 17.0. The van der Waals surface area contributed by atoms with Gasteiger partial charge in [0.2, 0.25) is 0 Å². The fraction of sp³-hybridized carbons (Fsp3) is 0.545. The summed E-state index contributed by atoms with van der Waals surface area (Å²) in [6, 6.07) is 0.571. The largest absolute Gasteiger partial charge is 0.365 e. The summed E-state index contributed by atoms with van der Waals surface area (Å²) in [5.74, 6) is 0.535. The summed E-state index contributed by atoms with van der Waals surface area (Å²) in [4.78, 5) is 2.60. The molecule has 23 heavy (non-hydrogen) atoms. The van der Waals surface area contributed by atoms with Crippen molar-refractivity contribution in [3.05, 3.63) is 59.4 Å². The Labute approximate surface area is 143 Å². The smallest absolute Gasteiger partial charge is 0.0407 e. The number of hydrogen-bond donors (Lipinski definition) is 0. The second-order valence-corrected chi connectivity index (χ2v) is 7.61. The van der Waals surface area contributed by atoms with E-state index < -0.39 is 0 Å². The van der Waals surface area contributed by atoms with Gasteiger partial charge in [0.1, 0.15) is 0 Å². The lowest BCUT2D eigenvalue weighted by Crippen LogP contribution is -2.38. The normalized spacial score (nSPS) is 23.7. The molecule has 1 heteroatoms. The molecular formula is C22H33N. The Kier molecular flexibility index (Phi) is 5.73. The van der Waals surface area contributed by atoms with Crippen LogP contribution in [0.1, 0.15) is 54.4 Å². The van der Waals surface area contributed by atoms with Crippen molar-refractivity contribution in [1.82, 2.24) is 4.90 Å². The SMILES string of the molecule is CC=CC(C)(C)C1CC=CC=C1C1=CC=C(C)CN1C(C)CC. The molecule has 1 aliphatic carbocycles. The van der Waals surface area contributed by atoms with E-state index in [2.05, 4.69) is 89.0 Å². The number of nitrogens with zero attached hydrogens (tertiary/aromatic N) is 1. The summed E-state index contributed by atoms with van der Waals surface area (Å²) in [5, 5.41) is 0. The third-order valence-electron chi connectivity index (χ3n) is 5.33. The van der Waals surface area contributed by atoms with Crippen molar-refractivity contribution in [2.75, 3.05) is 6.54 Å². The molecule has 0 amide bonds. The Morgan fingerprint density at radius 1 is 1.30 bits per heavy atom. The van der Waals surface area contributed by atoms with Gasteiger partial charge in [-0.15, -0.1) is 0 Å². The van der Waals surface area contributed by atoms with Crippen LogP contribution in [0.15, 0.2) is 59.4 Å². The summed E-state index contributed by atoms with van der Waals surface area (Å²) in [5.41, 5.74) is 4.55. The molecule has 126 valence electrons. The van der Waals surface area contributed by atoms with Crippen molar-refractivity contribution < 1.29 is 0 Å². The van der Waals surface area contributed by atoms with Crippen LogP contribution in [0.5, 0.6) is 0 Å². The number of rotatable bonds is 5. The molecule has 2 rings (SSSR count). The van der Waals surface area contributed by atoms with Crippen molar-refractivity contribution in [2.45, 2.75) is 60.4 Å². The fourth-order valence-electron chi connectivity index (χ4n) is 3.74. The molecule has 2 aliphatic rings. The van der Waals surface area contributed by atoms with Crippen LogP contribution in [0.4, 0.5) is 0 Å². The maximum absolute atomic E-state index is 2.60. The van der Waals surface area contributed by atoms with E-state index >= 15 is 0 Å². The van der Waals surface area contributed by atoms with Gasteiger partial charge in [-0.2, -0.15) is 0 Å². The third kappa shape index (κ3) is 3.88. The topological polar surface area (TPSA) is 3.24 Å². The maximum atomic E-state index is 2.60. The molecule has 0 aromatic carbocycles. The van der Waals surface area contributed by atoms with Crippen LogP contribution in [0.2, 0.25) is 0 Å². The first kappa shape index (κ1) is 17.8. The summed E-state index contributed by atoms with van der Waals surface area (Å²) in [7, 11) is 0. The van der Waals surface area contributed by atoms with Gasteiger partial charge in [-0.1, -0.05) is 62.8 Å². The third-order valence-corrected chi connectivity index (χ3v) is 5.33. The molecule has 2 unspecified atom stereocenters. The monoisotopic (exact) mass is 311 g/mol. The van der Waals surface area contributed by atoms with E-state index in [4.69, 9.17) is 0 Å². The van der Waals surface area contributed by atoms with Gasteiger partial charge in [-0.05, 0) is 56.6 Å². The van der Waals surface area contributed by atoms with Gasteiger partial charge in [0.15, 0.2) is 0 Å².